The van der Waals surface area contributed by atoms with Gasteiger partial charge in [-0.25, -0.2) is 0 Å². The lowest BCUT2D eigenvalue weighted by atomic mass is 9.90. The van der Waals surface area contributed by atoms with Crippen molar-refractivity contribution < 1.29 is 13.2 Å². The van der Waals surface area contributed by atoms with Crippen LogP contribution in [0.25, 0.3) is 22.3 Å². The first kappa shape index (κ1) is 17.5. The number of nitriles is 1. The Balaban J connectivity index is 2.36. The third kappa shape index (κ3) is 3.11. The van der Waals surface area contributed by atoms with Gasteiger partial charge in [-0.15, -0.1) is 0 Å². The summed E-state index contributed by atoms with van der Waals surface area (Å²) >= 11 is 0. The highest BCUT2D eigenvalue weighted by Crippen LogP contribution is 2.40. The van der Waals surface area contributed by atoms with Crippen LogP contribution in [-0.4, -0.2) is 4.98 Å². The highest BCUT2D eigenvalue weighted by Gasteiger charge is 2.33. The van der Waals surface area contributed by atoms with Gasteiger partial charge in [0.25, 0.3) is 5.56 Å². The minimum Gasteiger partial charge on any atom is -0.325 e. The van der Waals surface area contributed by atoms with Crippen LogP contribution < -0.4 is 5.56 Å². The molecule has 3 rings (SSSR count). The Bertz CT molecular complexity index is 1080. The molecular formula is C20H13F3N2O. The van der Waals surface area contributed by atoms with E-state index >= 15 is 0 Å². The molecule has 0 aliphatic heterocycles. The van der Waals surface area contributed by atoms with Crippen molar-refractivity contribution in [1.82, 2.24) is 4.98 Å². The zero-order valence-corrected chi connectivity index (χ0v) is 13.7. The monoisotopic (exact) mass is 354 g/mol. The average molecular weight is 354 g/mol. The number of nitrogens with one attached hydrogen (secondary N) is 1. The van der Waals surface area contributed by atoms with Gasteiger partial charge in [-0.05, 0) is 35.7 Å². The number of benzene rings is 2. The van der Waals surface area contributed by atoms with E-state index in [1.165, 1.54) is 18.2 Å². The van der Waals surface area contributed by atoms with Crippen LogP contribution in [0.15, 0.2) is 59.4 Å². The first-order valence-corrected chi connectivity index (χ1v) is 7.73. The summed E-state index contributed by atoms with van der Waals surface area (Å²) in [6, 6.07) is 15.1. The molecule has 0 aliphatic rings. The van der Waals surface area contributed by atoms with Crippen LogP contribution in [0.5, 0.6) is 0 Å². The smallest absolute Gasteiger partial charge is 0.325 e. The van der Waals surface area contributed by atoms with Crippen LogP contribution in [0.4, 0.5) is 13.2 Å². The molecule has 0 bridgehead atoms. The van der Waals surface area contributed by atoms with Gasteiger partial charge in [0, 0.05) is 11.3 Å². The van der Waals surface area contributed by atoms with Gasteiger partial charge in [0.15, 0.2) is 0 Å². The third-order valence-corrected chi connectivity index (χ3v) is 4.02. The molecule has 26 heavy (non-hydrogen) atoms. The first-order valence-electron chi connectivity index (χ1n) is 7.73. The molecule has 0 unspecified atom stereocenters. The van der Waals surface area contributed by atoms with E-state index in [1.807, 2.05) is 6.07 Å². The largest absolute Gasteiger partial charge is 0.417 e. The molecule has 1 heterocycles. The number of aromatic nitrogens is 1. The number of rotatable bonds is 2. The number of pyridine rings is 1. The van der Waals surface area contributed by atoms with Crippen LogP contribution in [0, 0.1) is 18.3 Å². The first-order chi connectivity index (χ1) is 12.3. The molecule has 3 nitrogen and oxygen atoms in total. The number of alkyl halides is 3. The fourth-order valence-electron chi connectivity index (χ4n) is 2.93. The molecule has 1 N–H and O–H groups in total. The Hall–Kier alpha value is -3.33. The highest BCUT2D eigenvalue weighted by molar-refractivity contribution is 5.87. The topological polar surface area (TPSA) is 56.6 Å². The lowest BCUT2D eigenvalue weighted by molar-refractivity contribution is -0.137. The van der Waals surface area contributed by atoms with E-state index < -0.39 is 17.3 Å². The SMILES string of the molecule is Cc1cc(-c2ccccc2-c2ccccc2C(F)(F)F)c(C#N)c(=O)[nH]1. The second kappa shape index (κ2) is 6.52. The van der Waals surface area contributed by atoms with Gasteiger partial charge in [-0.1, -0.05) is 42.5 Å². The van der Waals surface area contributed by atoms with Crippen molar-refractivity contribution in [1.29, 1.82) is 5.26 Å². The minimum atomic E-state index is -4.52. The molecule has 0 aliphatic carbocycles. The van der Waals surface area contributed by atoms with Gasteiger partial charge in [-0.2, -0.15) is 18.4 Å². The van der Waals surface area contributed by atoms with Gasteiger partial charge >= 0.3 is 6.18 Å². The Labute approximate surface area is 147 Å². The molecule has 0 saturated carbocycles. The van der Waals surface area contributed by atoms with Crippen molar-refractivity contribution in [3.8, 4) is 28.3 Å². The van der Waals surface area contributed by atoms with Crippen LogP contribution >= 0.6 is 0 Å². The Kier molecular flexibility index (Phi) is 4.39. The molecular weight excluding hydrogens is 341 g/mol. The predicted molar refractivity (Wildman–Crippen MR) is 92.4 cm³/mol. The Morgan fingerprint density at radius 1 is 0.923 bits per heavy atom. The number of halogens is 3. The van der Waals surface area contributed by atoms with E-state index in [0.29, 0.717) is 22.4 Å². The summed E-state index contributed by atoms with van der Waals surface area (Å²) in [4.78, 5) is 14.6. The summed E-state index contributed by atoms with van der Waals surface area (Å²) in [5.41, 5.74) is 0.0556. The maximum Gasteiger partial charge on any atom is 0.417 e. The molecule has 0 saturated heterocycles. The standard InChI is InChI=1S/C20H13F3N2O/c1-12-10-16(17(11-24)19(26)25-12)14-7-3-2-6-13(14)15-8-4-5-9-18(15)20(21,22)23/h2-10H,1H3,(H,25,26). The van der Waals surface area contributed by atoms with Crippen molar-refractivity contribution >= 4 is 0 Å². The van der Waals surface area contributed by atoms with Gasteiger partial charge in [0.2, 0.25) is 0 Å². The van der Waals surface area contributed by atoms with Crippen LogP contribution in [0.3, 0.4) is 0 Å². The van der Waals surface area contributed by atoms with Gasteiger partial charge in [-0.3, -0.25) is 4.79 Å². The minimum absolute atomic E-state index is 0.00238. The van der Waals surface area contributed by atoms with Gasteiger partial charge in [0.05, 0.1) is 5.56 Å². The second-order valence-electron chi connectivity index (χ2n) is 5.77. The van der Waals surface area contributed by atoms with Crippen molar-refractivity contribution in [2.75, 3.05) is 0 Å². The van der Waals surface area contributed by atoms with Crippen molar-refractivity contribution in [2.45, 2.75) is 13.1 Å². The lowest BCUT2D eigenvalue weighted by Gasteiger charge is -2.16. The summed E-state index contributed by atoms with van der Waals surface area (Å²) in [6.07, 6.45) is -4.52. The number of aryl methyl sites for hydroxylation is 1. The molecule has 130 valence electrons. The molecule has 1 aromatic heterocycles. The summed E-state index contributed by atoms with van der Waals surface area (Å²) in [7, 11) is 0. The van der Waals surface area contributed by atoms with Gasteiger partial charge in [0.1, 0.15) is 11.6 Å². The van der Waals surface area contributed by atoms with E-state index in [4.69, 9.17) is 0 Å². The van der Waals surface area contributed by atoms with E-state index in [9.17, 15) is 23.2 Å². The Morgan fingerprint density at radius 3 is 2.04 bits per heavy atom. The van der Waals surface area contributed by atoms with Gasteiger partial charge < -0.3 is 4.98 Å². The van der Waals surface area contributed by atoms with Crippen LogP contribution in [-0.2, 0) is 6.18 Å². The highest BCUT2D eigenvalue weighted by atomic mass is 19.4. The van der Waals surface area contributed by atoms with E-state index in [2.05, 4.69) is 4.98 Å². The summed E-state index contributed by atoms with van der Waals surface area (Å²) in [6.45, 7) is 1.65. The van der Waals surface area contributed by atoms with E-state index in [-0.39, 0.29) is 11.1 Å². The molecule has 0 radical (unpaired) electrons. The summed E-state index contributed by atoms with van der Waals surface area (Å²) < 4.78 is 40.3. The van der Waals surface area contributed by atoms with E-state index in [0.717, 1.165) is 6.07 Å². The summed E-state index contributed by atoms with van der Waals surface area (Å²) in [5, 5.41) is 9.35. The number of hydrogen-bond acceptors (Lipinski definition) is 2. The summed E-state index contributed by atoms with van der Waals surface area (Å²) in [5.74, 6) is 0. The zero-order chi connectivity index (χ0) is 18.9. The third-order valence-electron chi connectivity index (χ3n) is 4.02. The molecule has 0 amide bonds. The normalized spacial score (nSPS) is 11.2. The molecule has 0 atom stereocenters. The maximum atomic E-state index is 13.4. The van der Waals surface area contributed by atoms with E-state index in [1.54, 1.807) is 37.3 Å². The number of H-pyrrole nitrogens is 1. The van der Waals surface area contributed by atoms with Crippen molar-refractivity contribution in [3.63, 3.8) is 0 Å². The fourth-order valence-corrected chi connectivity index (χ4v) is 2.93. The average Bonchev–Trinajstić information content (AvgIpc) is 2.60. The zero-order valence-electron chi connectivity index (χ0n) is 13.7. The fraction of sp³-hybridized carbons (Fsp3) is 0.100. The van der Waals surface area contributed by atoms with Crippen LogP contribution in [0.2, 0.25) is 0 Å². The predicted octanol–water partition coefficient (Wildman–Crippen LogP) is 4.91. The van der Waals surface area contributed by atoms with Crippen molar-refractivity contribution in [3.05, 3.63) is 81.8 Å². The number of aromatic amines is 1. The van der Waals surface area contributed by atoms with Crippen molar-refractivity contribution in [2.24, 2.45) is 0 Å². The van der Waals surface area contributed by atoms with Crippen LogP contribution in [0.1, 0.15) is 16.8 Å². The quantitative estimate of drug-likeness (QED) is 0.711. The molecule has 0 spiro atoms. The molecule has 3 aromatic rings. The maximum absolute atomic E-state index is 13.4. The molecule has 0 fully saturated rings. The number of nitrogens with zero attached hydrogens (tertiary/aromatic N) is 1. The molecule has 2 aromatic carbocycles. The second-order valence-corrected chi connectivity index (χ2v) is 5.77. The lowest BCUT2D eigenvalue weighted by Crippen LogP contribution is -2.13. The molecule has 6 heteroatoms. The Morgan fingerprint density at radius 2 is 1.46 bits per heavy atom. The number of hydrogen-bond donors (Lipinski definition) is 1.